The molecule has 3 heteroatoms. The molecule has 2 unspecified atom stereocenters. The van der Waals surface area contributed by atoms with Crippen LogP contribution in [-0.4, -0.2) is 23.7 Å². The van der Waals surface area contributed by atoms with Gasteiger partial charge in [0.25, 0.3) is 0 Å². The number of ether oxygens (including phenoxy) is 1. The molecule has 0 spiro atoms. The fraction of sp³-hybridized carbons (Fsp3) is 0.500. The molecule has 0 saturated carbocycles. The van der Waals surface area contributed by atoms with Crippen LogP contribution in [0.15, 0.2) is 30.5 Å². The Morgan fingerprint density at radius 2 is 2.21 bits per heavy atom. The van der Waals surface area contributed by atoms with Gasteiger partial charge in [-0.3, -0.25) is 0 Å². The van der Waals surface area contributed by atoms with Crippen molar-refractivity contribution in [1.82, 2.24) is 4.98 Å². The van der Waals surface area contributed by atoms with Crippen LogP contribution in [0.2, 0.25) is 0 Å². The summed E-state index contributed by atoms with van der Waals surface area (Å²) in [4.78, 5) is 3.22. The average Bonchev–Trinajstić information content (AvgIpc) is 2.86. The third-order valence-corrected chi connectivity index (χ3v) is 3.98. The minimum Gasteiger partial charge on any atom is -0.382 e. The van der Waals surface area contributed by atoms with Crippen molar-refractivity contribution in [3.8, 4) is 0 Å². The van der Waals surface area contributed by atoms with Gasteiger partial charge < -0.3 is 15.0 Å². The summed E-state index contributed by atoms with van der Waals surface area (Å²) in [5, 5.41) is 4.92. The zero-order valence-electron chi connectivity index (χ0n) is 11.6. The van der Waals surface area contributed by atoms with E-state index in [1.165, 1.54) is 16.6 Å². The highest BCUT2D eigenvalue weighted by molar-refractivity contribution is 5.83. The Kier molecular flexibility index (Phi) is 3.47. The lowest BCUT2D eigenvalue weighted by Crippen LogP contribution is -2.36. The Morgan fingerprint density at radius 3 is 3.05 bits per heavy atom. The van der Waals surface area contributed by atoms with Crippen LogP contribution >= 0.6 is 0 Å². The molecule has 1 aliphatic heterocycles. The van der Waals surface area contributed by atoms with Crippen LogP contribution in [0.5, 0.6) is 0 Å². The highest BCUT2D eigenvalue weighted by Gasteiger charge is 2.24. The van der Waals surface area contributed by atoms with Crippen molar-refractivity contribution in [3.63, 3.8) is 0 Å². The van der Waals surface area contributed by atoms with E-state index in [-0.39, 0.29) is 0 Å². The van der Waals surface area contributed by atoms with Crippen LogP contribution in [-0.2, 0) is 4.74 Å². The van der Waals surface area contributed by atoms with Crippen LogP contribution in [0.1, 0.15) is 26.7 Å². The highest BCUT2D eigenvalue weighted by atomic mass is 16.5. The van der Waals surface area contributed by atoms with Crippen molar-refractivity contribution >= 4 is 16.6 Å². The number of benzene rings is 1. The molecule has 102 valence electrons. The van der Waals surface area contributed by atoms with Gasteiger partial charge in [0.1, 0.15) is 0 Å². The molecule has 2 N–H and O–H groups in total. The third-order valence-electron chi connectivity index (χ3n) is 3.98. The van der Waals surface area contributed by atoms with E-state index in [4.69, 9.17) is 4.74 Å². The van der Waals surface area contributed by atoms with Gasteiger partial charge in [0.15, 0.2) is 0 Å². The Morgan fingerprint density at radius 1 is 1.32 bits per heavy atom. The molecule has 1 saturated heterocycles. The summed E-state index contributed by atoms with van der Waals surface area (Å²) in [6.07, 6.45) is 4.57. The Bertz CT molecular complexity index is 546. The molecule has 2 heterocycles. The number of anilines is 1. The molecule has 0 bridgehead atoms. The fourth-order valence-corrected chi connectivity index (χ4v) is 2.80. The van der Waals surface area contributed by atoms with Gasteiger partial charge >= 0.3 is 0 Å². The summed E-state index contributed by atoms with van der Waals surface area (Å²) >= 11 is 0. The van der Waals surface area contributed by atoms with E-state index in [0.717, 1.165) is 19.4 Å². The Labute approximate surface area is 114 Å². The van der Waals surface area contributed by atoms with Crippen molar-refractivity contribution < 1.29 is 4.74 Å². The lowest BCUT2D eigenvalue weighted by atomic mass is 9.95. The predicted molar refractivity (Wildman–Crippen MR) is 79.5 cm³/mol. The standard InChI is InChI=1S/C16H22N2O/c1-11(2)16-10-14(6-8-19-16)18-13-3-4-15-12(9-13)5-7-17-15/h3-5,7,9,11,14,16-18H,6,8,10H2,1-2H3. The number of fused-ring (bicyclic) bond motifs is 1. The first-order valence-corrected chi connectivity index (χ1v) is 7.17. The fourth-order valence-electron chi connectivity index (χ4n) is 2.80. The first-order valence-electron chi connectivity index (χ1n) is 7.17. The predicted octanol–water partition coefficient (Wildman–Crippen LogP) is 3.78. The maximum Gasteiger partial charge on any atom is 0.0617 e. The van der Waals surface area contributed by atoms with Crippen LogP contribution < -0.4 is 5.32 Å². The zero-order chi connectivity index (χ0) is 13.2. The second-order valence-corrected chi connectivity index (χ2v) is 5.80. The van der Waals surface area contributed by atoms with E-state index in [1.54, 1.807) is 0 Å². The van der Waals surface area contributed by atoms with E-state index < -0.39 is 0 Å². The molecule has 1 aliphatic rings. The number of rotatable bonds is 3. The maximum atomic E-state index is 5.82. The molecule has 1 aromatic carbocycles. The average molecular weight is 258 g/mol. The van der Waals surface area contributed by atoms with Crippen LogP contribution in [0, 0.1) is 5.92 Å². The number of nitrogens with one attached hydrogen (secondary N) is 2. The largest absolute Gasteiger partial charge is 0.382 e. The summed E-state index contributed by atoms with van der Waals surface area (Å²) in [6.45, 7) is 5.34. The van der Waals surface area contributed by atoms with Crippen molar-refractivity contribution in [2.24, 2.45) is 5.92 Å². The molecule has 1 aromatic heterocycles. The zero-order valence-corrected chi connectivity index (χ0v) is 11.6. The van der Waals surface area contributed by atoms with Gasteiger partial charge in [0.05, 0.1) is 6.10 Å². The monoisotopic (exact) mass is 258 g/mol. The molecule has 0 radical (unpaired) electrons. The second-order valence-electron chi connectivity index (χ2n) is 5.80. The Hall–Kier alpha value is -1.48. The normalized spacial score (nSPS) is 23.9. The van der Waals surface area contributed by atoms with Crippen molar-refractivity contribution in [2.75, 3.05) is 11.9 Å². The molecule has 0 aliphatic carbocycles. The number of hydrogen-bond acceptors (Lipinski definition) is 2. The van der Waals surface area contributed by atoms with E-state index >= 15 is 0 Å². The van der Waals surface area contributed by atoms with Crippen molar-refractivity contribution in [1.29, 1.82) is 0 Å². The highest BCUT2D eigenvalue weighted by Crippen LogP contribution is 2.24. The molecule has 3 rings (SSSR count). The molecular formula is C16H22N2O. The molecule has 1 fully saturated rings. The maximum absolute atomic E-state index is 5.82. The summed E-state index contributed by atoms with van der Waals surface area (Å²) in [6, 6.07) is 9.14. The minimum absolute atomic E-state index is 0.391. The lowest BCUT2D eigenvalue weighted by Gasteiger charge is -2.33. The minimum atomic E-state index is 0.391. The van der Waals surface area contributed by atoms with Crippen LogP contribution in [0.4, 0.5) is 5.69 Å². The molecule has 2 atom stereocenters. The van der Waals surface area contributed by atoms with Gasteiger partial charge in [-0.15, -0.1) is 0 Å². The summed E-state index contributed by atoms with van der Waals surface area (Å²) in [5.74, 6) is 0.594. The molecule has 0 amide bonds. The van der Waals surface area contributed by atoms with Crippen molar-refractivity contribution in [3.05, 3.63) is 30.5 Å². The summed E-state index contributed by atoms with van der Waals surface area (Å²) in [7, 11) is 0. The number of aromatic amines is 1. The molecule has 19 heavy (non-hydrogen) atoms. The molecule has 3 nitrogen and oxygen atoms in total. The molecular weight excluding hydrogens is 236 g/mol. The smallest absolute Gasteiger partial charge is 0.0617 e. The topological polar surface area (TPSA) is 37.0 Å². The first kappa shape index (κ1) is 12.5. The van der Waals surface area contributed by atoms with Gasteiger partial charge in [-0.1, -0.05) is 13.8 Å². The SMILES string of the molecule is CC(C)C1CC(Nc2ccc3[nH]ccc3c2)CCO1. The Balaban J connectivity index is 1.69. The second kappa shape index (κ2) is 5.25. The quantitative estimate of drug-likeness (QED) is 0.879. The lowest BCUT2D eigenvalue weighted by molar-refractivity contribution is -0.0160. The van der Waals surface area contributed by atoms with E-state index in [2.05, 4.69) is 48.4 Å². The number of aromatic nitrogens is 1. The van der Waals surface area contributed by atoms with Gasteiger partial charge in [-0.05, 0) is 43.0 Å². The van der Waals surface area contributed by atoms with Crippen LogP contribution in [0.3, 0.4) is 0 Å². The summed E-state index contributed by atoms with van der Waals surface area (Å²) < 4.78 is 5.82. The number of hydrogen-bond donors (Lipinski definition) is 2. The van der Waals surface area contributed by atoms with Crippen molar-refractivity contribution in [2.45, 2.75) is 38.8 Å². The van der Waals surface area contributed by atoms with E-state index in [9.17, 15) is 0 Å². The first-order chi connectivity index (χ1) is 9.22. The van der Waals surface area contributed by atoms with Gasteiger partial charge in [-0.25, -0.2) is 0 Å². The van der Waals surface area contributed by atoms with Gasteiger partial charge in [0, 0.05) is 35.4 Å². The number of H-pyrrole nitrogens is 1. The third kappa shape index (κ3) is 2.76. The van der Waals surface area contributed by atoms with Gasteiger partial charge in [0.2, 0.25) is 0 Å². The van der Waals surface area contributed by atoms with E-state index in [1.807, 2.05) is 6.20 Å². The van der Waals surface area contributed by atoms with E-state index in [0.29, 0.717) is 18.1 Å². The van der Waals surface area contributed by atoms with Crippen LogP contribution in [0.25, 0.3) is 10.9 Å². The molecule has 2 aromatic rings. The summed E-state index contributed by atoms with van der Waals surface area (Å²) in [5.41, 5.74) is 2.40. The van der Waals surface area contributed by atoms with Gasteiger partial charge in [-0.2, -0.15) is 0 Å².